The number of hydrogen-bond acceptors (Lipinski definition) is 4. The van der Waals surface area contributed by atoms with Gasteiger partial charge < -0.3 is 14.8 Å². The van der Waals surface area contributed by atoms with Gasteiger partial charge in [0.1, 0.15) is 0 Å². The number of anilines is 1. The van der Waals surface area contributed by atoms with Crippen molar-refractivity contribution >= 4 is 22.5 Å². The molecular weight excluding hydrogens is 334 g/mol. The average Bonchev–Trinajstić information content (AvgIpc) is 3.05. The third kappa shape index (κ3) is 2.79. The summed E-state index contributed by atoms with van der Waals surface area (Å²) in [6.45, 7) is 4.50. The SMILES string of the molecule is CC(=O)N1CCN(c2c[nH]c3ccc(-n4ccc(=O)[nH]c4=O)cc23)CC1. The summed E-state index contributed by atoms with van der Waals surface area (Å²) >= 11 is 0. The van der Waals surface area contributed by atoms with Crippen molar-refractivity contribution in [1.82, 2.24) is 19.4 Å². The zero-order valence-electron chi connectivity index (χ0n) is 14.4. The number of carbonyl (C=O) groups is 1. The van der Waals surface area contributed by atoms with Gasteiger partial charge in [0.15, 0.2) is 0 Å². The van der Waals surface area contributed by atoms with E-state index in [1.165, 1.54) is 16.8 Å². The Balaban J connectivity index is 1.70. The summed E-state index contributed by atoms with van der Waals surface area (Å²) in [4.78, 5) is 44.4. The molecule has 8 heteroatoms. The van der Waals surface area contributed by atoms with Crippen molar-refractivity contribution in [2.75, 3.05) is 31.1 Å². The molecule has 0 spiro atoms. The Labute approximate surface area is 148 Å². The number of H-pyrrole nitrogens is 2. The number of amides is 1. The number of aromatic nitrogens is 3. The van der Waals surface area contributed by atoms with Gasteiger partial charge >= 0.3 is 5.69 Å². The van der Waals surface area contributed by atoms with E-state index in [0.717, 1.165) is 29.7 Å². The van der Waals surface area contributed by atoms with Crippen LogP contribution in [0.25, 0.3) is 16.6 Å². The number of carbonyl (C=O) groups excluding carboxylic acids is 1. The number of piperazine rings is 1. The van der Waals surface area contributed by atoms with Gasteiger partial charge in [-0.15, -0.1) is 0 Å². The van der Waals surface area contributed by atoms with Gasteiger partial charge in [0.05, 0.1) is 11.4 Å². The van der Waals surface area contributed by atoms with Gasteiger partial charge in [0.25, 0.3) is 5.56 Å². The zero-order valence-corrected chi connectivity index (χ0v) is 14.4. The molecule has 0 atom stereocenters. The second-order valence-corrected chi connectivity index (χ2v) is 6.38. The van der Waals surface area contributed by atoms with E-state index >= 15 is 0 Å². The Bertz CT molecular complexity index is 1090. The van der Waals surface area contributed by atoms with Crippen LogP contribution in [-0.4, -0.2) is 51.5 Å². The van der Waals surface area contributed by atoms with E-state index in [9.17, 15) is 14.4 Å². The van der Waals surface area contributed by atoms with Gasteiger partial charge in [0.2, 0.25) is 5.91 Å². The highest BCUT2D eigenvalue weighted by Crippen LogP contribution is 2.29. The van der Waals surface area contributed by atoms with Crippen molar-refractivity contribution in [3.63, 3.8) is 0 Å². The molecule has 1 aliphatic heterocycles. The van der Waals surface area contributed by atoms with E-state index in [1.54, 1.807) is 6.92 Å². The summed E-state index contributed by atoms with van der Waals surface area (Å²) in [6, 6.07) is 7.00. The lowest BCUT2D eigenvalue weighted by Gasteiger charge is -2.35. The molecule has 4 rings (SSSR count). The fraction of sp³-hybridized carbons (Fsp3) is 0.278. The van der Waals surface area contributed by atoms with Gasteiger partial charge in [-0.3, -0.25) is 19.1 Å². The Morgan fingerprint density at radius 3 is 2.54 bits per heavy atom. The summed E-state index contributed by atoms with van der Waals surface area (Å²) in [5, 5.41) is 0.997. The van der Waals surface area contributed by atoms with Crippen LogP contribution < -0.4 is 16.1 Å². The normalized spacial score (nSPS) is 14.8. The number of aromatic amines is 2. The van der Waals surface area contributed by atoms with Crippen LogP contribution in [0.1, 0.15) is 6.92 Å². The number of fused-ring (bicyclic) bond motifs is 1. The highest BCUT2D eigenvalue weighted by atomic mass is 16.2. The van der Waals surface area contributed by atoms with E-state index in [2.05, 4.69) is 14.9 Å². The van der Waals surface area contributed by atoms with E-state index in [4.69, 9.17) is 0 Å². The van der Waals surface area contributed by atoms with Crippen LogP contribution in [0.3, 0.4) is 0 Å². The number of rotatable bonds is 2. The zero-order chi connectivity index (χ0) is 18.3. The molecule has 3 heterocycles. The monoisotopic (exact) mass is 353 g/mol. The standard InChI is InChI=1S/C18H19N5O3/c1-12(24)21-6-8-22(9-7-21)16-11-19-15-3-2-13(10-14(15)16)23-5-4-17(25)20-18(23)26/h2-5,10-11,19H,6-9H2,1H3,(H,20,25,26). The molecule has 2 N–H and O–H groups in total. The van der Waals surface area contributed by atoms with Crippen LogP contribution in [0.5, 0.6) is 0 Å². The molecule has 0 bridgehead atoms. The molecule has 0 radical (unpaired) electrons. The summed E-state index contributed by atoms with van der Waals surface area (Å²) < 4.78 is 1.41. The maximum Gasteiger partial charge on any atom is 0.332 e. The third-order valence-electron chi connectivity index (χ3n) is 4.81. The second-order valence-electron chi connectivity index (χ2n) is 6.38. The second kappa shape index (κ2) is 6.21. The van der Waals surface area contributed by atoms with Gasteiger partial charge in [-0.1, -0.05) is 0 Å². The summed E-state index contributed by atoms with van der Waals surface area (Å²) in [6.07, 6.45) is 3.42. The third-order valence-corrected chi connectivity index (χ3v) is 4.81. The molecule has 0 aliphatic carbocycles. The summed E-state index contributed by atoms with van der Waals surface area (Å²) in [5.74, 6) is 0.100. The molecule has 26 heavy (non-hydrogen) atoms. The molecule has 8 nitrogen and oxygen atoms in total. The van der Waals surface area contributed by atoms with Crippen molar-refractivity contribution in [3.8, 4) is 5.69 Å². The van der Waals surface area contributed by atoms with Gasteiger partial charge in [-0.25, -0.2) is 4.79 Å². The molecular formula is C18H19N5O3. The van der Waals surface area contributed by atoms with Crippen molar-refractivity contribution in [2.24, 2.45) is 0 Å². The van der Waals surface area contributed by atoms with Crippen LogP contribution in [0.15, 0.2) is 46.2 Å². The van der Waals surface area contributed by atoms with Crippen molar-refractivity contribution in [2.45, 2.75) is 6.92 Å². The van der Waals surface area contributed by atoms with E-state index in [0.29, 0.717) is 18.8 Å². The first-order valence-electron chi connectivity index (χ1n) is 8.47. The van der Waals surface area contributed by atoms with Crippen LogP contribution in [-0.2, 0) is 4.79 Å². The molecule has 134 valence electrons. The average molecular weight is 353 g/mol. The smallest absolute Gasteiger partial charge is 0.332 e. The van der Waals surface area contributed by atoms with Crippen LogP contribution >= 0.6 is 0 Å². The summed E-state index contributed by atoms with van der Waals surface area (Å²) in [7, 11) is 0. The lowest BCUT2D eigenvalue weighted by Crippen LogP contribution is -2.48. The van der Waals surface area contributed by atoms with Crippen LogP contribution in [0, 0.1) is 0 Å². The first-order chi connectivity index (χ1) is 12.5. The molecule has 0 unspecified atom stereocenters. The number of hydrogen-bond donors (Lipinski definition) is 2. The lowest BCUT2D eigenvalue weighted by atomic mass is 10.2. The van der Waals surface area contributed by atoms with Crippen molar-refractivity contribution < 1.29 is 4.79 Å². The van der Waals surface area contributed by atoms with E-state index < -0.39 is 11.2 Å². The minimum absolute atomic E-state index is 0.100. The quantitative estimate of drug-likeness (QED) is 0.708. The lowest BCUT2D eigenvalue weighted by molar-refractivity contribution is -0.129. The first kappa shape index (κ1) is 16.2. The van der Waals surface area contributed by atoms with Crippen molar-refractivity contribution in [3.05, 3.63) is 57.5 Å². The number of nitrogens with one attached hydrogen (secondary N) is 2. The van der Waals surface area contributed by atoms with Crippen LogP contribution in [0.2, 0.25) is 0 Å². The molecule has 1 amide bonds. The van der Waals surface area contributed by atoms with Gasteiger partial charge in [0, 0.05) is 62.5 Å². The summed E-state index contributed by atoms with van der Waals surface area (Å²) in [5.41, 5.74) is 1.81. The predicted molar refractivity (Wildman–Crippen MR) is 99.0 cm³/mol. The van der Waals surface area contributed by atoms with Crippen LogP contribution in [0.4, 0.5) is 5.69 Å². The van der Waals surface area contributed by atoms with E-state index in [1.807, 2.05) is 29.3 Å². The minimum Gasteiger partial charge on any atom is -0.366 e. The number of benzene rings is 1. The topological polar surface area (TPSA) is 94.2 Å². The molecule has 1 fully saturated rings. The Morgan fingerprint density at radius 2 is 1.85 bits per heavy atom. The predicted octanol–water partition coefficient (Wildman–Crippen LogP) is 0.676. The maximum absolute atomic E-state index is 12.1. The fourth-order valence-corrected chi connectivity index (χ4v) is 3.39. The fourth-order valence-electron chi connectivity index (χ4n) is 3.39. The highest BCUT2D eigenvalue weighted by Gasteiger charge is 2.21. The van der Waals surface area contributed by atoms with Gasteiger partial charge in [-0.05, 0) is 18.2 Å². The molecule has 3 aromatic rings. The largest absolute Gasteiger partial charge is 0.366 e. The Kier molecular flexibility index (Phi) is 3.87. The Hall–Kier alpha value is -3.29. The van der Waals surface area contributed by atoms with Crippen molar-refractivity contribution in [1.29, 1.82) is 0 Å². The maximum atomic E-state index is 12.1. The van der Waals surface area contributed by atoms with Gasteiger partial charge in [-0.2, -0.15) is 0 Å². The molecule has 2 aromatic heterocycles. The highest BCUT2D eigenvalue weighted by molar-refractivity contribution is 5.94. The molecule has 1 saturated heterocycles. The number of nitrogens with zero attached hydrogens (tertiary/aromatic N) is 3. The first-order valence-corrected chi connectivity index (χ1v) is 8.47. The molecule has 1 aromatic carbocycles. The molecule has 0 saturated carbocycles. The minimum atomic E-state index is -0.469. The van der Waals surface area contributed by atoms with E-state index in [-0.39, 0.29) is 5.91 Å². The Morgan fingerprint density at radius 1 is 1.08 bits per heavy atom. The molecule has 1 aliphatic rings.